The van der Waals surface area contributed by atoms with Crippen LogP contribution in [-0.4, -0.2) is 15.3 Å². The molecule has 1 N–H and O–H groups in total. The van der Waals surface area contributed by atoms with E-state index in [9.17, 15) is 9.59 Å². The van der Waals surface area contributed by atoms with Gasteiger partial charge in [0.15, 0.2) is 0 Å². The quantitative estimate of drug-likeness (QED) is 0.476. The van der Waals surface area contributed by atoms with E-state index < -0.39 is 0 Å². The fraction of sp³-hybridized carbons (Fsp3) is 0.0417. The Bertz CT molecular complexity index is 1370. The van der Waals surface area contributed by atoms with Crippen molar-refractivity contribution in [3.63, 3.8) is 0 Å². The molecule has 0 saturated heterocycles. The predicted octanol–water partition coefficient (Wildman–Crippen LogP) is 4.43. The Morgan fingerprint density at radius 3 is 2.20 bits per heavy atom. The second-order valence-corrected chi connectivity index (χ2v) is 7.93. The van der Waals surface area contributed by atoms with Gasteiger partial charge in [-0.25, -0.2) is 4.98 Å². The smallest absolute Gasteiger partial charge is 0.266 e. The third-order valence-corrected chi connectivity index (χ3v) is 6.01. The highest BCUT2D eigenvalue weighted by Gasteiger charge is 2.20. The van der Waals surface area contributed by atoms with Gasteiger partial charge in [0.2, 0.25) is 0 Å². The molecule has 0 bridgehead atoms. The first kappa shape index (κ1) is 18.3. The number of hydrogen-bond acceptors (Lipinski definition) is 4. The summed E-state index contributed by atoms with van der Waals surface area (Å²) in [6.07, 6.45) is 1.68. The van der Waals surface area contributed by atoms with Crippen LogP contribution in [0.2, 0.25) is 0 Å². The first-order chi connectivity index (χ1) is 14.7. The van der Waals surface area contributed by atoms with Crippen molar-refractivity contribution in [3.05, 3.63) is 117 Å². The van der Waals surface area contributed by atoms with Gasteiger partial charge < -0.3 is 5.32 Å². The van der Waals surface area contributed by atoms with Crippen molar-refractivity contribution in [2.75, 3.05) is 0 Å². The van der Waals surface area contributed by atoms with Crippen molar-refractivity contribution in [2.24, 2.45) is 0 Å². The molecule has 0 radical (unpaired) electrons. The van der Waals surface area contributed by atoms with Gasteiger partial charge in [0.05, 0.1) is 16.3 Å². The monoisotopic (exact) mass is 411 g/mol. The zero-order chi connectivity index (χ0) is 20.5. The highest BCUT2D eigenvalue weighted by Crippen LogP contribution is 2.26. The van der Waals surface area contributed by atoms with Crippen molar-refractivity contribution in [2.45, 2.75) is 6.04 Å². The highest BCUT2D eigenvalue weighted by molar-refractivity contribution is 7.20. The first-order valence-electron chi connectivity index (χ1n) is 9.52. The number of pyridine rings is 1. The minimum atomic E-state index is -0.293. The molecule has 0 aliphatic carbocycles. The van der Waals surface area contributed by atoms with Gasteiger partial charge in [-0.05, 0) is 29.3 Å². The van der Waals surface area contributed by atoms with E-state index in [1.165, 1.54) is 15.7 Å². The summed E-state index contributed by atoms with van der Waals surface area (Å²) in [6, 6.07) is 26.4. The Morgan fingerprint density at radius 2 is 1.53 bits per heavy atom. The van der Waals surface area contributed by atoms with E-state index in [0.29, 0.717) is 20.7 Å². The maximum absolute atomic E-state index is 13.1. The third kappa shape index (κ3) is 3.27. The normalized spacial score (nSPS) is 11.2. The maximum atomic E-state index is 13.1. The van der Waals surface area contributed by atoms with Crippen molar-refractivity contribution >= 4 is 33.1 Å². The Labute approximate surface area is 176 Å². The van der Waals surface area contributed by atoms with E-state index in [4.69, 9.17) is 0 Å². The van der Waals surface area contributed by atoms with Gasteiger partial charge in [-0.15, -0.1) is 11.3 Å². The summed E-state index contributed by atoms with van der Waals surface area (Å²) < 4.78 is 1.49. The SMILES string of the molecule is O=C(NC(c1ccccc1)c1ccccc1)c1cc2c(=O)n3ccccc3nc2s1. The van der Waals surface area contributed by atoms with E-state index in [1.54, 1.807) is 24.4 Å². The van der Waals surface area contributed by atoms with Crippen LogP contribution in [0.15, 0.2) is 95.9 Å². The Morgan fingerprint density at radius 1 is 0.900 bits per heavy atom. The molecule has 1 amide bonds. The van der Waals surface area contributed by atoms with Crippen LogP contribution in [0.5, 0.6) is 0 Å². The molecular formula is C24H17N3O2S. The molecule has 0 aliphatic rings. The largest absolute Gasteiger partial charge is 0.340 e. The number of carbonyl (C=O) groups is 1. The number of carbonyl (C=O) groups excluding carboxylic acids is 1. The molecule has 0 unspecified atom stereocenters. The number of rotatable bonds is 4. The van der Waals surface area contributed by atoms with Gasteiger partial charge in [0, 0.05) is 6.20 Å². The van der Waals surface area contributed by atoms with E-state index in [-0.39, 0.29) is 17.5 Å². The van der Waals surface area contributed by atoms with Crippen molar-refractivity contribution in [1.29, 1.82) is 0 Å². The highest BCUT2D eigenvalue weighted by atomic mass is 32.1. The molecule has 5 rings (SSSR count). The van der Waals surface area contributed by atoms with Crippen LogP contribution >= 0.6 is 11.3 Å². The summed E-state index contributed by atoms with van der Waals surface area (Å²) in [5.41, 5.74) is 2.37. The molecule has 3 aromatic heterocycles. The molecule has 5 aromatic rings. The summed E-state index contributed by atoms with van der Waals surface area (Å²) in [7, 11) is 0. The molecule has 0 aliphatic heterocycles. The number of fused-ring (bicyclic) bond motifs is 2. The number of thiophene rings is 1. The van der Waals surface area contributed by atoms with E-state index in [2.05, 4.69) is 10.3 Å². The van der Waals surface area contributed by atoms with Crippen LogP contribution in [-0.2, 0) is 0 Å². The fourth-order valence-corrected chi connectivity index (χ4v) is 4.44. The molecule has 30 heavy (non-hydrogen) atoms. The van der Waals surface area contributed by atoms with Crippen LogP contribution < -0.4 is 10.9 Å². The molecule has 0 atom stereocenters. The van der Waals surface area contributed by atoms with E-state index >= 15 is 0 Å². The lowest BCUT2D eigenvalue weighted by Crippen LogP contribution is -2.28. The van der Waals surface area contributed by atoms with Crippen molar-refractivity contribution in [1.82, 2.24) is 14.7 Å². The molecule has 3 heterocycles. The second-order valence-electron chi connectivity index (χ2n) is 6.90. The van der Waals surface area contributed by atoms with Gasteiger partial charge in [0.1, 0.15) is 10.5 Å². The van der Waals surface area contributed by atoms with Crippen LogP contribution in [0.4, 0.5) is 0 Å². The average molecular weight is 411 g/mol. The van der Waals surface area contributed by atoms with Crippen LogP contribution in [0.1, 0.15) is 26.8 Å². The number of nitrogens with one attached hydrogen (secondary N) is 1. The lowest BCUT2D eigenvalue weighted by molar-refractivity contribution is 0.0947. The molecular weight excluding hydrogens is 394 g/mol. The molecule has 0 saturated carbocycles. The Balaban J connectivity index is 1.54. The van der Waals surface area contributed by atoms with Gasteiger partial charge in [-0.3, -0.25) is 14.0 Å². The molecule has 0 fully saturated rings. The summed E-state index contributed by atoms with van der Waals surface area (Å²) in [4.78, 5) is 31.5. The topological polar surface area (TPSA) is 63.5 Å². The minimum absolute atomic E-state index is 0.173. The molecule has 0 spiro atoms. The van der Waals surface area contributed by atoms with Crippen LogP contribution in [0.25, 0.3) is 15.9 Å². The zero-order valence-electron chi connectivity index (χ0n) is 15.9. The lowest BCUT2D eigenvalue weighted by Gasteiger charge is -2.19. The maximum Gasteiger partial charge on any atom is 0.266 e. The molecule has 5 nitrogen and oxygen atoms in total. The Hall–Kier alpha value is -3.77. The number of amides is 1. The van der Waals surface area contributed by atoms with Crippen LogP contribution in [0.3, 0.4) is 0 Å². The average Bonchev–Trinajstić information content (AvgIpc) is 3.23. The summed E-state index contributed by atoms with van der Waals surface area (Å²) in [5, 5.41) is 3.57. The van der Waals surface area contributed by atoms with Gasteiger partial charge >= 0.3 is 0 Å². The minimum Gasteiger partial charge on any atom is -0.340 e. The molecule has 6 heteroatoms. The zero-order valence-corrected chi connectivity index (χ0v) is 16.7. The van der Waals surface area contributed by atoms with Gasteiger partial charge in [0.25, 0.3) is 11.5 Å². The van der Waals surface area contributed by atoms with E-state index in [1.807, 2.05) is 66.7 Å². The van der Waals surface area contributed by atoms with Crippen LogP contribution in [0, 0.1) is 0 Å². The first-order valence-corrected chi connectivity index (χ1v) is 10.3. The number of nitrogens with zero attached hydrogens (tertiary/aromatic N) is 2. The van der Waals surface area contributed by atoms with Gasteiger partial charge in [-0.1, -0.05) is 66.7 Å². The third-order valence-electron chi connectivity index (χ3n) is 4.98. The molecule has 146 valence electrons. The number of aromatic nitrogens is 2. The number of benzene rings is 2. The predicted molar refractivity (Wildman–Crippen MR) is 119 cm³/mol. The van der Waals surface area contributed by atoms with E-state index in [0.717, 1.165) is 11.1 Å². The standard InChI is InChI=1S/C24H17N3O2S/c28-22(26-21(16-9-3-1-4-10-16)17-11-5-2-6-12-17)19-15-18-23(30-19)25-20-13-7-8-14-27(20)24(18)29/h1-15,21H,(H,26,28). The second kappa shape index (κ2) is 7.57. The van der Waals surface area contributed by atoms with Crippen molar-refractivity contribution < 1.29 is 4.79 Å². The molecule has 2 aromatic carbocycles. The number of hydrogen-bond donors (Lipinski definition) is 1. The van der Waals surface area contributed by atoms with Crippen molar-refractivity contribution in [3.8, 4) is 0 Å². The summed E-state index contributed by atoms with van der Waals surface area (Å²) in [6.45, 7) is 0. The summed E-state index contributed by atoms with van der Waals surface area (Å²) in [5.74, 6) is -0.232. The lowest BCUT2D eigenvalue weighted by atomic mass is 9.98. The van der Waals surface area contributed by atoms with Gasteiger partial charge in [-0.2, -0.15) is 0 Å². The fourth-order valence-electron chi connectivity index (χ4n) is 3.51. The Kier molecular flexibility index (Phi) is 4.61. The summed E-state index contributed by atoms with van der Waals surface area (Å²) >= 11 is 1.23.